The van der Waals surface area contributed by atoms with Crippen molar-refractivity contribution >= 4 is 38.7 Å². The second kappa shape index (κ2) is 5.87. The van der Waals surface area contributed by atoms with Crippen LogP contribution in [0.1, 0.15) is 24.0 Å². The number of nitrogens with one attached hydrogen (secondary N) is 1. The van der Waals surface area contributed by atoms with E-state index in [9.17, 15) is 8.42 Å². The molecule has 0 aromatic heterocycles. The monoisotopic (exact) mass is 308 g/mol. The molecule has 20 heavy (non-hydrogen) atoms. The van der Waals surface area contributed by atoms with Crippen molar-refractivity contribution < 1.29 is 8.42 Å². The van der Waals surface area contributed by atoms with Crippen LogP contribution in [0.15, 0.2) is 29.3 Å². The number of rotatable bonds is 4. The van der Waals surface area contributed by atoms with Crippen molar-refractivity contribution in [2.24, 2.45) is 4.99 Å². The standard InChI is InChI=1S/C14H16N2O2S2/c1-10-5-3-7-12(14(10)16-20(2,17)18)11-6-4-8-13(11)15-9-19/h3,5-7,13,16H,4,8H2,1-2H3. The minimum atomic E-state index is -3.33. The van der Waals surface area contributed by atoms with Gasteiger partial charge in [-0.05, 0) is 43.1 Å². The number of anilines is 1. The lowest BCUT2D eigenvalue weighted by atomic mass is 9.98. The Bertz CT molecular complexity index is 702. The van der Waals surface area contributed by atoms with Crippen molar-refractivity contribution in [3.8, 4) is 0 Å². The van der Waals surface area contributed by atoms with E-state index in [0.717, 1.165) is 35.8 Å². The summed E-state index contributed by atoms with van der Waals surface area (Å²) < 4.78 is 25.7. The van der Waals surface area contributed by atoms with Gasteiger partial charge in [0.15, 0.2) is 0 Å². The molecule has 1 N–H and O–H groups in total. The Morgan fingerprint density at radius 2 is 2.20 bits per heavy atom. The zero-order chi connectivity index (χ0) is 14.8. The average Bonchev–Trinajstić information content (AvgIpc) is 2.79. The van der Waals surface area contributed by atoms with E-state index >= 15 is 0 Å². The van der Waals surface area contributed by atoms with Crippen LogP contribution in [0.5, 0.6) is 0 Å². The van der Waals surface area contributed by atoms with Crippen molar-refractivity contribution in [1.29, 1.82) is 0 Å². The first-order valence-corrected chi connectivity index (χ1v) is 8.57. The predicted octanol–water partition coefficient (Wildman–Crippen LogP) is 3.02. The SMILES string of the molecule is Cc1cccc(C2=CCCC2N=C=S)c1NS(C)(=O)=O. The number of hydrogen-bond donors (Lipinski definition) is 1. The van der Waals surface area contributed by atoms with Gasteiger partial charge in [-0.25, -0.2) is 13.4 Å². The third-order valence-corrected chi connectivity index (χ3v) is 3.92. The molecule has 6 heteroatoms. The van der Waals surface area contributed by atoms with Crippen LogP contribution in [0, 0.1) is 6.92 Å². The Hall–Kier alpha value is -1.49. The Morgan fingerprint density at radius 1 is 1.45 bits per heavy atom. The largest absolute Gasteiger partial charge is 0.283 e. The summed E-state index contributed by atoms with van der Waals surface area (Å²) >= 11 is 4.68. The van der Waals surface area contributed by atoms with E-state index < -0.39 is 10.0 Å². The molecule has 1 atom stereocenters. The molecule has 0 spiro atoms. The van der Waals surface area contributed by atoms with Gasteiger partial charge in [0, 0.05) is 5.56 Å². The van der Waals surface area contributed by atoms with Crippen LogP contribution < -0.4 is 4.72 Å². The van der Waals surface area contributed by atoms with Crippen LogP contribution in [0.3, 0.4) is 0 Å². The number of aryl methyl sites for hydroxylation is 1. The Labute approximate surface area is 124 Å². The highest BCUT2D eigenvalue weighted by Crippen LogP contribution is 2.36. The molecule has 0 bridgehead atoms. The average molecular weight is 308 g/mol. The fourth-order valence-electron chi connectivity index (χ4n) is 2.40. The third-order valence-electron chi connectivity index (χ3n) is 3.24. The summed E-state index contributed by atoms with van der Waals surface area (Å²) in [6, 6.07) is 5.66. The van der Waals surface area contributed by atoms with Crippen molar-refractivity contribution in [3.63, 3.8) is 0 Å². The van der Waals surface area contributed by atoms with Gasteiger partial charge in [0.05, 0.1) is 23.1 Å². The van der Waals surface area contributed by atoms with Crippen molar-refractivity contribution in [2.45, 2.75) is 25.8 Å². The molecular weight excluding hydrogens is 292 g/mol. The van der Waals surface area contributed by atoms with Crippen LogP contribution >= 0.6 is 12.2 Å². The summed E-state index contributed by atoms with van der Waals surface area (Å²) in [7, 11) is -3.33. The van der Waals surface area contributed by atoms with Gasteiger partial charge < -0.3 is 0 Å². The zero-order valence-corrected chi connectivity index (χ0v) is 13.0. The molecule has 4 nitrogen and oxygen atoms in total. The Morgan fingerprint density at radius 3 is 2.85 bits per heavy atom. The molecule has 1 aliphatic carbocycles. The fourth-order valence-corrected chi connectivity index (χ4v) is 3.17. The van der Waals surface area contributed by atoms with Gasteiger partial charge in [0.1, 0.15) is 0 Å². The summed E-state index contributed by atoms with van der Waals surface area (Å²) in [6.07, 6.45) is 5.03. The first-order valence-electron chi connectivity index (χ1n) is 6.27. The van der Waals surface area contributed by atoms with Crippen LogP contribution in [-0.4, -0.2) is 25.9 Å². The first-order chi connectivity index (χ1) is 9.42. The quantitative estimate of drug-likeness (QED) is 0.687. The molecule has 0 aliphatic heterocycles. The number of thiocarbonyl (C=S) groups is 1. The molecule has 0 heterocycles. The molecule has 1 aromatic rings. The lowest BCUT2D eigenvalue weighted by molar-refractivity contribution is 0.606. The van der Waals surface area contributed by atoms with Crippen LogP contribution in [0.4, 0.5) is 5.69 Å². The molecule has 0 saturated carbocycles. The van der Waals surface area contributed by atoms with Crippen molar-refractivity contribution in [3.05, 3.63) is 35.4 Å². The number of hydrogen-bond acceptors (Lipinski definition) is 4. The normalized spacial score (nSPS) is 18.3. The second-order valence-electron chi connectivity index (χ2n) is 4.84. The molecule has 0 saturated heterocycles. The van der Waals surface area contributed by atoms with E-state index in [1.54, 1.807) is 0 Å². The minimum absolute atomic E-state index is 0.0330. The first kappa shape index (κ1) is 14.9. The van der Waals surface area contributed by atoms with Crippen LogP contribution in [0.2, 0.25) is 0 Å². The maximum absolute atomic E-state index is 11.5. The number of allylic oxidation sites excluding steroid dienone is 1. The zero-order valence-electron chi connectivity index (χ0n) is 11.4. The maximum atomic E-state index is 11.5. The van der Waals surface area contributed by atoms with E-state index in [4.69, 9.17) is 0 Å². The number of para-hydroxylation sites is 1. The molecule has 0 amide bonds. The highest BCUT2D eigenvalue weighted by Gasteiger charge is 2.23. The highest BCUT2D eigenvalue weighted by atomic mass is 32.2. The third kappa shape index (κ3) is 3.33. The summed E-state index contributed by atoms with van der Waals surface area (Å²) in [5.74, 6) is 0. The number of aliphatic imine (C=N–C) groups is 1. The van der Waals surface area contributed by atoms with Gasteiger partial charge in [-0.3, -0.25) is 4.72 Å². The van der Waals surface area contributed by atoms with E-state index in [1.807, 2.05) is 25.1 Å². The maximum Gasteiger partial charge on any atom is 0.229 e. The summed E-state index contributed by atoms with van der Waals surface area (Å²) in [5, 5.41) is 2.42. The topological polar surface area (TPSA) is 58.5 Å². The lowest BCUT2D eigenvalue weighted by Crippen LogP contribution is -2.13. The molecule has 1 aromatic carbocycles. The second-order valence-corrected chi connectivity index (χ2v) is 6.78. The molecule has 0 radical (unpaired) electrons. The van der Waals surface area contributed by atoms with Gasteiger partial charge in [0.2, 0.25) is 10.0 Å². The van der Waals surface area contributed by atoms with Crippen molar-refractivity contribution in [1.82, 2.24) is 0 Å². The molecule has 1 aliphatic rings. The van der Waals surface area contributed by atoms with E-state index in [-0.39, 0.29) is 6.04 Å². The van der Waals surface area contributed by atoms with Gasteiger partial charge in [0.25, 0.3) is 0 Å². The Kier molecular flexibility index (Phi) is 4.38. The Balaban J connectivity index is 2.52. The van der Waals surface area contributed by atoms with E-state index in [2.05, 4.69) is 33.2 Å². The van der Waals surface area contributed by atoms with Crippen molar-refractivity contribution in [2.75, 3.05) is 11.0 Å². The van der Waals surface area contributed by atoms with Gasteiger partial charge in [-0.15, -0.1) is 0 Å². The molecule has 2 rings (SSSR count). The number of sulfonamides is 1. The summed E-state index contributed by atoms with van der Waals surface area (Å²) in [5.41, 5.74) is 3.38. The summed E-state index contributed by atoms with van der Waals surface area (Å²) in [6.45, 7) is 1.88. The molecule has 1 unspecified atom stereocenters. The number of benzene rings is 1. The van der Waals surface area contributed by atoms with E-state index in [0.29, 0.717) is 5.69 Å². The lowest BCUT2D eigenvalue weighted by Gasteiger charge is -2.17. The number of isothiocyanates is 1. The molecule has 106 valence electrons. The fraction of sp³-hybridized carbons (Fsp3) is 0.357. The van der Waals surface area contributed by atoms with E-state index in [1.165, 1.54) is 0 Å². The number of nitrogens with zero attached hydrogens (tertiary/aromatic N) is 1. The smallest absolute Gasteiger partial charge is 0.229 e. The summed E-state index contributed by atoms with van der Waals surface area (Å²) in [4.78, 5) is 4.17. The van der Waals surface area contributed by atoms with Crippen LogP contribution in [-0.2, 0) is 10.0 Å². The highest BCUT2D eigenvalue weighted by molar-refractivity contribution is 7.92. The van der Waals surface area contributed by atoms with Crippen LogP contribution in [0.25, 0.3) is 5.57 Å². The molecule has 0 fully saturated rings. The van der Waals surface area contributed by atoms with Gasteiger partial charge >= 0.3 is 0 Å². The van der Waals surface area contributed by atoms with Gasteiger partial charge in [-0.2, -0.15) is 0 Å². The van der Waals surface area contributed by atoms with Gasteiger partial charge in [-0.1, -0.05) is 24.3 Å². The molecular formula is C14H16N2O2S2. The minimum Gasteiger partial charge on any atom is -0.283 e. The predicted molar refractivity (Wildman–Crippen MR) is 85.7 cm³/mol.